The first-order valence-electron chi connectivity index (χ1n) is 6.45. The van der Waals surface area contributed by atoms with Crippen LogP contribution < -0.4 is 0 Å². The molecule has 0 fully saturated rings. The van der Waals surface area contributed by atoms with Gasteiger partial charge in [0.15, 0.2) is 0 Å². The van der Waals surface area contributed by atoms with E-state index in [-0.39, 0.29) is 5.56 Å². The predicted octanol–water partition coefficient (Wildman–Crippen LogP) is 2.96. The molecule has 5 nitrogen and oxygen atoms in total. The first kappa shape index (κ1) is 13.2. The minimum Gasteiger partial charge on any atom is -0.478 e. The van der Waals surface area contributed by atoms with Gasteiger partial charge >= 0.3 is 5.97 Å². The van der Waals surface area contributed by atoms with E-state index in [4.69, 9.17) is 0 Å². The van der Waals surface area contributed by atoms with E-state index in [1.165, 1.54) is 24.3 Å². The molecule has 1 aromatic carbocycles. The van der Waals surface area contributed by atoms with Crippen LogP contribution in [0.15, 0.2) is 36.7 Å². The predicted molar refractivity (Wildman–Crippen MR) is 75.6 cm³/mol. The number of rotatable bonds is 3. The number of nitrogens with zero attached hydrogens (tertiary/aromatic N) is 3. The molecule has 0 radical (unpaired) electrons. The highest BCUT2D eigenvalue weighted by atomic mass is 19.1. The number of carboxylic acids is 1. The summed E-state index contributed by atoms with van der Waals surface area (Å²) in [5.74, 6) is -1.52. The molecule has 3 rings (SSSR count). The van der Waals surface area contributed by atoms with Crippen LogP contribution in [0.5, 0.6) is 0 Å². The van der Waals surface area contributed by atoms with Crippen LogP contribution in [0.25, 0.3) is 22.2 Å². The van der Waals surface area contributed by atoms with E-state index < -0.39 is 11.8 Å². The summed E-state index contributed by atoms with van der Waals surface area (Å²) >= 11 is 0. The molecule has 0 aliphatic heterocycles. The SMILES string of the molecule is CCn1cc(-c2cc(C(=O)O)c3ccc(F)cc3n2)cn1. The van der Waals surface area contributed by atoms with Crippen LogP contribution in [0.3, 0.4) is 0 Å². The third-order valence-corrected chi connectivity index (χ3v) is 3.26. The van der Waals surface area contributed by atoms with Gasteiger partial charge in [-0.05, 0) is 25.1 Å². The fourth-order valence-corrected chi connectivity index (χ4v) is 2.20. The summed E-state index contributed by atoms with van der Waals surface area (Å²) in [7, 11) is 0. The molecule has 0 spiro atoms. The topological polar surface area (TPSA) is 68.0 Å². The van der Waals surface area contributed by atoms with E-state index in [2.05, 4.69) is 10.1 Å². The zero-order valence-corrected chi connectivity index (χ0v) is 11.2. The molecular formula is C15H12FN3O2. The summed E-state index contributed by atoms with van der Waals surface area (Å²) in [5.41, 5.74) is 1.57. The number of fused-ring (bicyclic) bond motifs is 1. The van der Waals surface area contributed by atoms with Crippen molar-refractivity contribution in [3.63, 3.8) is 0 Å². The van der Waals surface area contributed by atoms with E-state index in [0.29, 0.717) is 28.7 Å². The zero-order valence-electron chi connectivity index (χ0n) is 11.2. The maximum atomic E-state index is 13.4. The van der Waals surface area contributed by atoms with E-state index in [0.717, 1.165) is 0 Å². The van der Waals surface area contributed by atoms with E-state index >= 15 is 0 Å². The van der Waals surface area contributed by atoms with Gasteiger partial charge in [0.2, 0.25) is 0 Å². The number of carboxylic acid groups (broad SMARTS) is 1. The number of benzene rings is 1. The normalized spacial score (nSPS) is 11.0. The van der Waals surface area contributed by atoms with Crippen LogP contribution in [0, 0.1) is 5.82 Å². The molecule has 0 atom stereocenters. The summed E-state index contributed by atoms with van der Waals surface area (Å²) in [6.45, 7) is 2.65. The number of halogens is 1. The van der Waals surface area contributed by atoms with Crippen molar-refractivity contribution >= 4 is 16.9 Å². The molecule has 106 valence electrons. The second-order valence-corrected chi connectivity index (χ2v) is 4.61. The lowest BCUT2D eigenvalue weighted by molar-refractivity contribution is 0.0699. The van der Waals surface area contributed by atoms with Crippen molar-refractivity contribution in [2.75, 3.05) is 0 Å². The summed E-state index contributed by atoms with van der Waals surface area (Å²) in [6.07, 6.45) is 3.39. The summed E-state index contributed by atoms with van der Waals surface area (Å²) < 4.78 is 15.1. The Balaban J connectivity index is 2.26. The molecule has 0 aliphatic carbocycles. The summed E-state index contributed by atoms with van der Waals surface area (Å²) in [5, 5.41) is 13.9. The highest BCUT2D eigenvalue weighted by Crippen LogP contribution is 2.25. The minimum atomic E-state index is -1.07. The number of aromatic carboxylic acids is 1. The second-order valence-electron chi connectivity index (χ2n) is 4.61. The average molecular weight is 285 g/mol. The fraction of sp³-hybridized carbons (Fsp3) is 0.133. The van der Waals surface area contributed by atoms with Crippen molar-refractivity contribution in [2.45, 2.75) is 13.5 Å². The molecule has 0 bridgehead atoms. The second kappa shape index (κ2) is 4.97. The molecule has 0 saturated heterocycles. The first-order chi connectivity index (χ1) is 10.1. The number of aromatic nitrogens is 3. The molecule has 2 aromatic heterocycles. The quantitative estimate of drug-likeness (QED) is 0.803. The lowest BCUT2D eigenvalue weighted by Crippen LogP contribution is -2.00. The maximum absolute atomic E-state index is 13.4. The Bertz CT molecular complexity index is 842. The lowest BCUT2D eigenvalue weighted by Gasteiger charge is -2.05. The standard InChI is InChI=1S/C15H12FN3O2/c1-2-19-8-9(7-17-19)13-6-12(15(20)21)11-4-3-10(16)5-14(11)18-13/h3-8H,2H2,1H3,(H,20,21). The Hall–Kier alpha value is -2.76. The van der Waals surface area contributed by atoms with Crippen molar-refractivity contribution in [2.24, 2.45) is 0 Å². The number of pyridine rings is 1. The van der Waals surface area contributed by atoms with Gasteiger partial charge in [0.1, 0.15) is 5.82 Å². The number of hydrogen-bond acceptors (Lipinski definition) is 3. The van der Waals surface area contributed by atoms with E-state index in [1.54, 1.807) is 17.1 Å². The van der Waals surface area contributed by atoms with Crippen LogP contribution in [0.2, 0.25) is 0 Å². The Morgan fingerprint density at radius 3 is 2.86 bits per heavy atom. The van der Waals surface area contributed by atoms with Crippen LogP contribution in [-0.2, 0) is 6.54 Å². The van der Waals surface area contributed by atoms with Gasteiger partial charge < -0.3 is 5.11 Å². The van der Waals surface area contributed by atoms with Crippen molar-refractivity contribution in [1.82, 2.24) is 14.8 Å². The molecule has 21 heavy (non-hydrogen) atoms. The molecule has 3 aromatic rings. The van der Waals surface area contributed by atoms with E-state index in [1.807, 2.05) is 6.92 Å². The van der Waals surface area contributed by atoms with Crippen LogP contribution in [0.1, 0.15) is 17.3 Å². The minimum absolute atomic E-state index is 0.0965. The van der Waals surface area contributed by atoms with Crippen molar-refractivity contribution in [3.8, 4) is 11.3 Å². The van der Waals surface area contributed by atoms with Gasteiger partial charge in [-0.15, -0.1) is 0 Å². The van der Waals surface area contributed by atoms with Gasteiger partial charge in [0, 0.05) is 29.8 Å². The highest BCUT2D eigenvalue weighted by molar-refractivity contribution is 6.03. The van der Waals surface area contributed by atoms with Crippen LogP contribution >= 0.6 is 0 Å². The molecular weight excluding hydrogens is 273 g/mol. The Kier molecular flexibility index (Phi) is 3.13. The van der Waals surface area contributed by atoms with Gasteiger partial charge in [0.25, 0.3) is 0 Å². The largest absolute Gasteiger partial charge is 0.478 e. The van der Waals surface area contributed by atoms with Crippen molar-refractivity contribution in [1.29, 1.82) is 0 Å². The Labute approximate surface area is 119 Å². The number of aryl methyl sites for hydroxylation is 1. The average Bonchev–Trinajstić information content (AvgIpc) is 2.94. The monoisotopic (exact) mass is 285 g/mol. The van der Waals surface area contributed by atoms with Crippen molar-refractivity contribution < 1.29 is 14.3 Å². The smallest absolute Gasteiger partial charge is 0.336 e. The molecule has 1 N–H and O–H groups in total. The van der Waals surface area contributed by atoms with Crippen LogP contribution in [-0.4, -0.2) is 25.8 Å². The van der Waals surface area contributed by atoms with E-state index in [9.17, 15) is 14.3 Å². The van der Waals surface area contributed by atoms with Gasteiger partial charge in [0.05, 0.1) is 23.0 Å². The highest BCUT2D eigenvalue weighted by Gasteiger charge is 2.14. The van der Waals surface area contributed by atoms with Gasteiger partial charge in [-0.2, -0.15) is 5.10 Å². The van der Waals surface area contributed by atoms with Gasteiger partial charge in [-0.1, -0.05) is 0 Å². The summed E-state index contributed by atoms with van der Waals surface area (Å²) in [6, 6.07) is 5.38. The third-order valence-electron chi connectivity index (χ3n) is 3.26. The molecule has 0 saturated carbocycles. The molecule has 6 heteroatoms. The van der Waals surface area contributed by atoms with Crippen LogP contribution in [0.4, 0.5) is 4.39 Å². The molecule has 2 heterocycles. The zero-order chi connectivity index (χ0) is 15.0. The molecule has 0 unspecified atom stereocenters. The van der Waals surface area contributed by atoms with Gasteiger partial charge in [-0.25, -0.2) is 14.2 Å². The Morgan fingerprint density at radius 2 is 2.19 bits per heavy atom. The van der Waals surface area contributed by atoms with Gasteiger partial charge in [-0.3, -0.25) is 4.68 Å². The molecule has 0 amide bonds. The maximum Gasteiger partial charge on any atom is 0.336 e. The number of carbonyl (C=O) groups is 1. The molecule has 0 aliphatic rings. The number of hydrogen-bond donors (Lipinski definition) is 1. The third kappa shape index (κ3) is 2.35. The summed E-state index contributed by atoms with van der Waals surface area (Å²) in [4.78, 5) is 15.7. The Morgan fingerprint density at radius 1 is 1.38 bits per heavy atom. The fourth-order valence-electron chi connectivity index (χ4n) is 2.20. The lowest BCUT2D eigenvalue weighted by atomic mass is 10.1. The first-order valence-corrected chi connectivity index (χ1v) is 6.45. The van der Waals surface area contributed by atoms with Crippen molar-refractivity contribution in [3.05, 3.63) is 48.0 Å².